The van der Waals surface area contributed by atoms with Crippen LogP contribution in [0.5, 0.6) is 11.5 Å². The minimum atomic E-state index is -0.777. The number of carbonyl (C=O) groups excluding carboxylic acids is 1. The minimum Gasteiger partial charge on any atom is -0.490 e. The number of nitrogens with one attached hydrogen (secondary N) is 1. The third kappa shape index (κ3) is 14.1. The second kappa shape index (κ2) is 20.9. The molecule has 248 valence electrons. The molecule has 0 aromatic heterocycles. The Kier molecular flexibility index (Phi) is 18.1. The van der Waals surface area contributed by atoms with E-state index in [4.69, 9.17) is 29.8 Å². The number of ether oxygens (including phenoxy) is 4. The van der Waals surface area contributed by atoms with E-state index in [0.29, 0.717) is 63.0 Å². The van der Waals surface area contributed by atoms with E-state index >= 15 is 0 Å². The molecule has 1 aliphatic rings. The lowest BCUT2D eigenvalue weighted by molar-refractivity contribution is -0.127. The van der Waals surface area contributed by atoms with Gasteiger partial charge in [-0.1, -0.05) is 33.8 Å². The fourth-order valence-electron chi connectivity index (χ4n) is 5.35. The van der Waals surface area contributed by atoms with Crippen LogP contribution in [0.4, 0.5) is 0 Å². The van der Waals surface area contributed by atoms with Crippen molar-refractivity contribution in [2.24, 2.45) is 29.4 Å². The van der Waals surface area contributed by atoms with Crippen LogP contribution in [0, 0.1) is 23.7 Å². The largest absolute Gasteiger partial charge is 0.490 e. The average Bonchev–Trinajstić information content (AvgIpc) is 2.98. The van der Waals surface area contributed by atoms with Crippen molar-refractivity contribution < 1.29 is 34.0 Å². The number of rotatable bonds is 22. The Morgan fingerprint density at radius 2 is 1.72 bits per heavy atom. The van der Waals surface area contributed by atoms with E-state index in [1.54, 1.807) is 7.11 Å². The maximum absolute atomic E-state index is 13.1. The Hall–Kier alpha value is -1.95. The van der Waals surface area contributed by atoms with Gasteiger partial charge in [0.05, 0.1) is 32.5 Å². The molecule has 4 atom stereocenters. The van der Waals surface area contributed by atoms with Gasteiger partial charge in [0.1, 0.15) is 0 Å². The lowest BCUT2D eigenvalue weighted by Crippen LogP contribution is -2.45. The highest BCUT2D eigenvalue weighted by molar-refractivity contribution is 5.78. The van der Waals surface area contributed by atoms with Gasteiger partial charge in [0, 0.05) is 71.3 Å². The third-order valence-electron chi connectivity index (χ3n) is 8.30. The minimum absolute atomic E-state index is 0.0192. The van der Waals surface area contributed by atoms with Crippen LogP contribution < -0.4 is 20.5 Å². The van der Waals surface area contributed by atoms with Gasteiger partial charge in [0.15, 0.2) is 11.5 Å². The van der Waals surface area contributed by atoms with Gasteiger partial charge in [-0.2, -0.15) is 0 Å². The summed E-state index contributed by atoms with van der Waals surface area (Å²) >= 11 is 0. The van der Waals surface area contributed by atoms with Crippen LogP contribution in [0.1, 0.15) is 58.9 Å². The molecule has 2 rings (SSSR count). The molecule has 1 aromatic carbocycles. The number of aliphatic hydroxyl groups excluding tert-OH is 2. The summed E-state index contributed by atoms with van der Waals surface area (Å²) in [4.78, 5) is 15.4. The fourth-order valence-corrected chi connectivity index (χ4v) is 5.35. The van der Waals surface area contributed by atoms with Crippen molar-refractivity contribution in [3.05, 3.63) is 23.8 Å². The second-order valence-electron chi connectivity index (χ2n) is 12.4. The zero-order chi connectivity index (χ0) is 31.6. The predicted molar refractivity (Wildman–Crippen MR) is 169 cm³/mol. The molecule has 0 unspecified atom stereocenters. The molecule has 1 fully saturated rings. The SMILES string of the molecule is COCCCOc1cc(C[C@@H](C[C@H](N)[C@@H](O)C[C@H](C(=O)NCCN2CCOCC2)C(C)C)C(C)C)ccc1OCCCO. The van der Waals surface area contributed by atoms with E-state index in [2.05, 4.69) is 24.1 Å². The summed E-state index contributed by atoms with van der Waals surface area (Å²) in [5, 5.41) is 23.3. The Balaban J connectivity index is 1.98. The Morgan fingerprint density at radius 1 is 1.02 bits per heavy atom. The first-order chi connectivity index (χ1) is 20.7. The standard InChI is InChI=1S/C33H59N3O7/c1-24(2)27(20-26-8-9-31(42-16-6-14-37)32(21-26)43-17-7-15-40-5)22-29(34)30(38)23-28(25(3)4)33(39)35-10-11-36-12-18-41-19-13-36/h8-9,21,24-25,27-30,37-38H,6-7,10-20,22-23,34H2,1-5H3,(H,35,39)/t27-,28-,29-,30-/m0/s1. The van der Waals surface area contributed by atoms with Crippen molar-refractivity contribution in [2.75, 3.05) is 72.9 Å². The summed E-state index contributed by atoms with van der Waals surface area (Å²) in [7, 11) is 1.67. The Morgan fingerprint density at radius 3 is 2.37 bits per heavy atom. The zero-order valence-electron chi connectivity index (χ0n) is 27.3. The smallest absolute Gasteiger partial charge is 0.223 e. The highest BCUT2D eigenvalue weighted by Crippen LogP contribution is 2.32. The molecule has 1 amide bonds. The summed E-state index contributed by atoms with van der Waals surface area (Å²) in [6, 6.07) is 5.55. The number of nitrogens with zero attached hydrogens (tertiary/aromatic N) is 1. The molecule has 5 N–H and O–H groups in total. The van der Waals surface area contributed by atoms with Gasteiger partial charge in [-0.15, -0.1) is 0 Å². The maximum atomic E-state index is 13.1. The van der Waals surface area contributed by atoms with E-state index in [1.807, 2.05) is 32.0 Å². The van der Waals surface area contributed by atoms with Gasteiger partial charge in [0.2, 0.25) is 5.91 Å². The lowest BCUT2D eigenvalue weighted by Gasteiger charge is -2.30. The molecular weight excluding hydrogens is 550 g/mol. The highest BCUT2D eigenvalue weighted by atomic mass is 16.5. The highest BCUT2D eigenvalue weighted by Gasteiger charge is 2.30. The molecule has 43 heavy (non-hydrogen) atoms. The van der Waals surface area contributed by atoms with E-state index < -0.39 is 12.1 Å². The molecule has 1 aromatic rings. The van der Waals surface area contributed by atoms with Crippen molar-refractivity contribution in [1.29, 1.82) is 0 Å². The molecule has 0 spiro atoms. The zero-order valence-corrected chi connectivity index (χ0v) is 27.3. The Labute approximate surface area is 259 Å². The molecule has 0 saturated carbocycles. The van der Waals surface area contributed by atoms with Gasteiger partial charge < -0.3 is 40.2 Å². The maximum Gasteiger partial charge on any atom is 0.223 e. The number of carbonyl (C=O) groups is 1. The first-order valence-corrected chi connectivity index (χ1v) is 16.2. The number of methoxy groups -OCH3 is 1. The number of hydrogen-bond donors (Lipinski definition) is 4. The average molecular weight is 610 g/mol. The van der Waals surface area contributed by atoms with E-state index in [9.17, 15) is 9.90 Å². The molecule has 10 heteroatoms. The summed E-state index contributed by atoms with van der Waals surface area (Å²) in [5.74, 6) is 1.67. The molecule has 1 heterocycles. The normalized spacial score (nSPS) is 17.1. The van der Waals surface area contributed by atoms with Crippen LogP contribution in [0.25, 0.3) is 0 Å². The number of morpholine rings is 1. The number of aliphatic hydroxyl groups is 2. The Bertz CT molecular complexity index is 895. The van der Waals surface area contributed by atoms with Crippen molar-refractivity contribution in [2.45, 2.75) is 71.9 Å². The summed E-state index contributed by atoms with van der Waals surface area (Å²) in [6.45, 7) is 14.6. The van der Waals surface area contributed by atoms with Crippen molar-refractivity contribution in [3.63, 3.8) is 0 Å². The fraction of sp³-hybridized carbons (Fsp3) is 0.788. The van der Waals surface area contributed by atoms with Crippen molar-refractivity contribution in [3.8, 4) is 11.5 Å². The van der Waals surface area contributed by atoms with E-state index in [0.717, 1.165) is 51.3 Å². The monoisotopic (exact) mass is 609 g/mol. The van der Waals surface area contributed by atoms with Crippen molar-refractivity contribution in [1.82, 2.24) is 10.2 Å². The number of hydrogen-bond acceptors (Lipinski definition) is 9. The summed E-state index contributed by atoms with van der Waals surface area (Å²) in [5.41, 5.74) is 7.70. The van der Waals surface area contributed by atoms with Crippen LogP contribution in [0.3, 0.4) is 0 Å². The molecular formula is C33H59N3O7. The predicted octanol–water partition coefficient (Wildman–Crippen LogP) is 2.87. The second-order valence-corrected chi connectivity index (χ2v) is 12.4. The molecule has 10 nitrogen and oxygen atoms in total. The third-order valence-corrected chi connectivity index (χ3v) is 8.30. The molecule has 0 radical (unpaired) electrons. The van der Waals surface area contributed by atoms with E-state index in [1.165, 1.54) is 0 Å². The first kappa shape index (κ1) is 37.2. The van der Waals surface area contributed by atoms with Crippen LogP contribution in [-0.2, 0) is 20.7 Å². The molecule has 0 bridgehead atoms. The topological polar surface area (TPSA) is 136 Å². The molecule has 1 saturated heterocycles. The van der Waals surface area contributed by atoms with Gasteiger partial charge >= 0.3 is 0 Å². The van der Waals surface area contributed by atoms with Gasteiger partial charge in [-0.3, -0.25) is 9.69 Å². The number of benzene rings is 1. The summed E-state index contributed by atoms with van der Waals surface area (Å²) in [6.07, 6.45) is 2.29. The van der Waals surface area contributed by atoms with Crippen molar-refractivity contribution >= 4 is 5.91 Å². The number of amides is 1. The quantitative estimate of drug-likeness (QED) is 0.146. The van der Waals surface area contributed by atoms with Crippen LogP contribution in [-0.4, -0.2) is 106 Å². The lowest BCUT2D eigenvalue weighted by atomic mass is 9.81. The van der Waals surface area contributed by atoms with Crippen LogP contribution >= 0.6 is 0 Å². The first-order valence-electron chi connectivity index (χ1n) is 16.2. The van der Waals surface area contributed by atoms with Crippen LogP contribution in [0.2, 0.25) is 0 Å². The molecule has 0 aliphatic carbocycles. The summed E-state index contributed by atoms with van der Waals surface area (Å²) < 4.78 is 22.4. The van der Waals surface area contributed by atoms with E-state index in [-0.39, 0.29) is 30.3 Å². The van der Waals surface area contributed by atoms with Gasteiger partial charge in [-0.25, -0.2) is 0 Å². The molecule has 1 aliphatic heterocycles. The van der Waals surface area contributed by atoms with Gasteiger partial charge in [0.25, 0.3) is 0 Å². The van der Waals surface area contributed by atoms with Crippen LogP contribution in [0.15, 0.2) is 18.2 Å². The number of nitrogens with two attached hydrogens (primary N) is 1. The van der Waals surface area contributed by atoms with Gasteiger partial charge in [-0.05, 0) is 54.7 Å².